The Balaban J connectivity index is 2.34. The maximum atomic E-state index is 11.3. The van der Waals surface area contributed by atoms with Gasteiger partial charge in [0.05, 0.1) is 0 Å². The smallest absolute Gasteiger partial charge is 0.155 e. The second kappa shape index (κ2) is 2.97. The van der Waals surface area contributed by atoms with E-state index in [0.29, 0.717) is 17.1 Å². The molecule has 1 heteroatoms. The van der Waals surface area contributed by atoms with Gasteiger partial charge in [0.25, 0.3) is 0 Å². The van der Waals surface area contributed by atoms with Gasteiger partial charge in [0.15, 0.2) is 5.78 Å². The molecule has 0 spiro atoms. The summed E-state index contributed by atoms with van der Waals surface area (Å²) in [5.41, 5.74) is 1.81. The number of carbonyl (C=O) groups excluding carboxylic acids is 1. The second-order valence-electron chi connectivity index (χ2n) is 4.92. The van der Waals surface area contributed by atoms with Gasteiger partial charge in [-0.25, -0.2) is 0 Å². The Morgan fingerprint density at radius 1 is 1.46 bits per heavy atom. The van der Waals surface area contributed by atoms with Crippen molar-refractivity contribution in [1.82, 2.24) is 0 Å². The third-order valence-electron chi connectivity index (χ3n) is 3.83. The summed E-state index contributed by atoms with van der Waals surface area (Å²) in [4.78, 5) is 11.3. The summed E-state index contributed by atoms with van der Waals surface area (Å²) in [6.07, 6.45) is 7.69. The van der Waals surface area contributed by atoms with E-state index in [4.69, 9.17) is 0 Å². The van der Waals surface area contributed by atoms with Crippen LogP contribution in [0.3, 0.4) is 0 Å². The van der Waals surface area contributed by atoms with Crippen LogP contribution in [0.1, 0.15) is 46.0 Å². The molecule has 0 N–H and O–H groups in total. The minimum Gasteiger partial charge on any atom is -0.295 e. The van der Waals surface area contributed by atoms with Crippen LogP contribution in [-0.2, 0) is 4.79 Å². The van der Waals surface area contributed by atoms with Crippen molar-refractivity contribution in [3.05, 3.63) is 11.6 Å². The summed E-state index contributed by atoms with van der Waals surface area (Å²) in [7, 11) is 0. The Labute approximate surface area is 80.2 Å². The molecule has 0 aromatic carbocycles. The number of hydrogen-bond donors (Lipinski definition) is 0. The van der Waals surface area contributed by atoms with E-state index in [9.17, 15) is 4.79 Å². The Kier molecular flexibility index (Phi) is 2.05. The summed E-state index contributed by atoms with van der Waals surface area (Å²) in [6.45, 7) is 4.60. The molecule has 2 aliphatic rings. The van der Waals surface area contributed by atoms with Crippen LogP contribution in [0.5, 0.6) is 0 Å². The summed E-state index contributed by atoms with van der Waals surface area (Å²) in [6, 6.07) is 0. The Morgan fingerprint density at radius 3 is 3.00 bits per heavy atom. The van der Waals surface area contributed by atoms with E-state index >= 15 is 0 Å². The van der Waals surface area contributed by atoms with Crippen molar-refractivity contribution in [3.8, 4) is 0 Å². The summed E-state index contributed by atoms with van der Waals surface area (Å²) >= 11 is 0. The molecule has 2 aliphatic carbocycles. The molecule has 72 valence electrons. The Bertz CT molecular complexity index is 264. The lowest BCUT2D eigenvalue weighted by Gasteiger charge is -2.42. The summed E-state index contributed by atoms with van der Waals surface area (Å²) in [5, 5.41) is 0. The molecule has 0 bridgehead atoms. The van der Waals surface area contributed by atoms with E-state index in [1.54, 1.807) is 0 Å². The molecular weight excluding hydrogens is 160 g/mol. The van der Waals surface area contributed by atoms with Gasteiger partial charge in [-0.1, -0.05) is 25.8 Å². The highest BCUT2D eigenvalue weighted by atomic mass is 16.1. The van der Waals surface area contributed by atoms with Gasteiger partial charge < -0.3 is 0 Å². The maximum absolute atomic E-state index is 11.3. The fraction of sp³-hybridized carbons (Fsp3) is 0.750. The first kappa shape index (κ1) is 8.98. The highest BCUT2D eigenvalue weighted by Gasteiger charge is 2.37. The van der Waals surface area contributed by atoms with Gasteiger partial charge in [-0.2, -0.15) is 0 Å². The SMILES string of the molecule is CC1CCCC2(C)CCC(=O)C=C12. The molecular formula is C12H18O. The van der Waals surface area contributed by atoms with Crippen LogP contribution in [-0.4, -0.2) is 5.78 Å². The normalized spacial score (nSPS) is 39.7. The molecule has 0 amide bonds. The number of hydrogen-bond acceptors (Lipinski definition) is 1. The molecule has 0 heterocycles. The standard InChI is InChI=1S/C12H18O/c1-9-4-3-6-12(2)7-5-10(13)8-11(9)12/h8-9H,3-7H2,1-2H3. The predicted octanol–water partition coefficient (Wildman–Crippen LogP) is 3.10. The van der Waals surface area contributed by atoms with E-state index in [1.165, 1.54) is 24.8 Å². The zero-order valence-electron chi connectivity index (χ0n) is 8.60. The van der Waals surface area contributed by atoms with Crippen LogP contribution < -0.4 is 0 Å². The second-order valence-corrected chi connectivity index (χ2v) is 4.92. The third-order valence-corrected chi connectivity index (χ3v) is 3.83. The van der Waals surface area contributed by atoms with Gasteiger partial charge in [0.2, 0.25) is 0 Å². The van der Waals surface area contributed by atoms with Crippen LogP contribution in [0.25, 0.3) is 0 Å². The minimum atomic E-state index is 0.348. The zero-order chi connectivity index (χ0) is 9.47. The number of rotatable bonds is 0. The van der Waals surface area contributed by atoms with Gasteiger partial charge in [0.1, 0.15) is 0 Å². The van der Waals surface area contributed by atoms with E-state index in [1.807, 2.05) is 6.08 Å². The Morgan fingerprint density at radius 2 is 2.23 bits per heavy atom. The van der Waals surface area contributed by atoms with Gasteiger partial charge in [-0.15, -0.1) is 0 Å². The number of allylic oxidation sites excluding steroid dienone is 2. The first-order valence-electron chi connectivity index (χ1n) is 5.37. The van der Waals surface area contributed by atoms with Crippen molar-refractivity contribution in [2.45, 2.75) is 46.0 Å². The molecule has 1 fully saturated rings. The van der Waals surface area contributed by atoms with Crippen LogP contribution in [0.15, 0.2) is 11.6 Å². The van der Waals surface area contributed by atoms with Crippen molar-refractivity contribution in [2.24, 2.45) is 11.3 Å². The van der Waals surface area contributed by atoms with Crippen molar-refractivity contribution < 1.29 is 4.79 Å². The van der Waals surface area contributed by atoms with Crippen LogP contribution in [0.4, 0.5) is 0 Å². The quantitative estimate of drug-likeness (QED) is 0.557. The highest BCUT2D eigenvalue weighted by Crippen LogP contribution is 2.48. The average molecular weight is 178 g/mol. The van der Waals surface area contributed by atoms with E-state index in [0.717, 1.165) is 12.8 Å². The maximum Gasteiger partial charge on any atom is 0.155 e. The van der Waals surface area contributed by atoms with Crippen molar-refractivity contribution >= 4 is 5.78 Å². The van der Waals surface area contributed by atoms with Crippen LogP contribution in [0, 0.1) is 11.3 Å². The molecule has 0 aromatic rings. The lowest BCUT2D eigenvalue weighted by Crippen LogP contribution is -2.32. The summed E-state index contributed by atoms with van der Waals surface area (Å²) < 4.78 is 0. The van der Waals surface area contributed by atoms with Gasteiger partial charge in [-0.3, -0.25) is 4.79 Å². The molecule has 2 rings (SSSR count). The number of ketones is 1. The molecule has 2 atom stereocenters. The third kappa shape index (κ3) is 1.45. The van der Waals surface area contributed by atoms with E-state index < -0.39 is 0 Å². The molecule has 0 radical (unpaired) electrons. The number of carbonyl (C=O) groups is 1. The van der Waals surface area contributed by atoms with Crippen LogP contribution in [0.2, 0.25) is 0 Å². The van der Waals surface area contributed by atoms with Crippen molar-refractivity contribution in [3.63, 3.8) is 0 Å². The molecule has 0 aromatic heterocycles. The first-order chi connectivity index (χ1) is 6.12. The monoisotopic (exact) mass is 178 g/mol. The van der Waals surface area contributed by atoms with Gasteiger partial charge >= 0.3 is 0 Å². The summed E-state index contributed by atoms with van der Waals surface area (Å²) in [5.74, 6) is 0.990. The fourth-order valence-corrected chi connectivity index (χ4v) is 2.92. The number of fused-ring (bicyclic) bond motifs is 1. The molecule has 0 aliphatic heterocycles. The van der Waals surface area contributed by atoms with Gasteiger partial charge in [-0.05, 0) is 36.7 Å². The molecule has 1 saturated carbocycles. The van der Waals surface area contributed by atoms with Gasteiger partial charge in [0, 0.05) is 6.42 Å². The molecule has 2 unspecified atom stereocenters. The lowest BCUT2D eigenvalue weighted by atomic mass is 9.62. The van der Waals surface area contributed by atoms with Crippen molar-refractivity contribution in [2.75, 3.05) is 0 Å². The van der Waals surface area contributed by atoms with Crippen LogP contribution >= 0.6 is 0 Å². The zero-order valence-corrected chi connectivity index (χ0v) is 8.60. The van der Waals surface area contributed by atoms with Crippen molar-refractivity contribution in [1.29, 1.82) is 0 Å². The minimum absolute atomic E-state index is 0.348. The highest BCUT2D eigenvalue weighted by molar-refractivity contribution is 5.91. The molecule has 1 nitrogen and oxygen atoms in total. The van der Waals surface area contributed by atoms with E-state index in [2.05, 4.69) is 13.8 Å². The topological polar surface area (TPSA) is 17.1 Å². The average Bonchev–Trinajstić information content (AvgIpc) is 2.08. The van der Waals surface area contributed by atoms with E-state index in [-0.39, 0.29) is 0 Å². The Hall–Kier alpha value is -0.590. The molecule has 13 heavy (non-hydrogen) atoms. The first-order valence-corrected chi connectivity index (χ1v) is 5.37. The lowest BCUT2D eigenvalue weighted by molar-refractivity contribution is -0.116. The fourth-order valence-electron chi connectivity index (χ4n) is 2.92. The molecule has 0 saturated heterocycles. The predicted molar refractivity (Wildman–Crippen MR) is 53.4 cm³/mol. The largest absolute Gasteiger partial charge is 0.295 e.